The number of anilines is 1. The molecule has 118 valence electrons. The zero-order valence-electron chi connectivity index (χ0n) is 12.7. The maximum Gasteiger partial charge on any atom is 0.319 e. The first-order valence-electron chi connectivity index (χ1n) is 6.98. The second-order valence-corrected chi connectivity index (χ2v) is 5.76. The Labute approximate surface area is 134 Å². The molecule has 1 aromatic carbocycles. The molecule has 0 saturated heterocycles. The standard InChI is InChI=1S/C16H20N2O3S/c1-12-5-6-14(15(10-12)21-8-7-20-2)18-16(19)17-11-13-4-3-9-22-13/h3-6,9-10H,7-8,11H2,1-2H3,(H2,17,18,19). The van der Waals surface area contributed by atoms with Crippen LogP contribution in [0, 0.1) is 6.92 Å². The van der Waals surface area contributed by atoms with Crippen LogP contribution in [0.5, 0.6) is 5.75 Å². The lowest BCUT2D eigenvalue weighted by atomic mass is 10.2. The molecule has 2 aromatic rings. The van der Waals surface area contributed by atoms with Crippen molar-refractivity contribution in [3.63, 3.8) is 0 Å². The molecular weight excluding hydrogens is 300 g/mol. The summed E-state index contributed by atoms with van der Waals surface area (Å²) in [6.07, 6.45) is 0. The highest BCUT2D eigenvalue weighted by atomic mass is 32.1. The number of urea groups is 1. The Hall–Kier alpha value is -2.05. The average Bonchev–Trinajstić information content (AvgIpc) is 3.01. The molecule has 22 heavy (non-hydrogen) atoms. The number of amides is 2. The zero-order valence-corrected chi connectivity index (χ0v) is 13.5. The molecule has 0 bridgehead atoms. The minimum atomic E-state index is -0.256. The monoisotopic (exact) mass is 320 g/mol. The summed E-state index contributed by atoms with van der Waals surface area (Å²) in [5, 5.41) is 7.62. The maximum atomic E-state index is 12.0. The van der Waals surface area contributed by atoms with Gasteiger partial charge in [0.15, 0.2) is 0 Å². The average molecular weight is 320 g/mol. The minimum absolute atomic E-state index is 0.256. The van der Waals surface area contributed by atoms with E-state index in [4.69, 9.17) is 9.47 Å². The molecule has 6 heteroatoms. The van der Waals surface area contributed by atoms with Gasteiger partial charge in [0, 0.05) is 12.0 Å². The van der Waals surface area contributed by atoms with Crippen LogP contribution in [0.3, 0.4) is 0 Å². The van der Waals surface area contributed by atoms with Gasteiger partial charge in [0.2, 0.25) is 0 Å². The number of methoxy groups -OCH3 is 1. The van der Waals surface area contributed by atoms with Crippen molar-refractivity contribution >= 4 is 23.1 Å². The fourth-order valence-corrected chi connectivity index (χ4v) is 2.48. The lowest BCUT2D eigenvalue weighted by Gasteiger charge is -2.13. The van der Waals surface area contributed by atoms with Crippen LogP contribution in [0.4, 0.5) is 10.5 Å². The molecule has 0 radical (unpaired) electrons. The topological polar surface area (TPSA) is 59.6 Å². The largest absolute Gasteiger partial charge is 0.489 e. The second kappa shape index (κ2) is 8.41. The number of rotatable bonds is 7. The van der Waals surface area contributed by atoms with Gasteiger partial charge >= 0.3 is 6.03 Å². The lowest BCUT2D eigenvalue weighted by Crippen LogP contribution is -2.28. The highest BCUT2D eigenvalue weighted by molar-refractivity contribution is 7.09. The SMILES string of the molecule is COCCOc1cc(C)ccc1NC(=O)NCc1cccs1. The molecule has 0 saturated carbocycles. The molecule has 5 nitrogen and oxygen atoms in total. The smallest absolute Gasteiger partial charge is 0.319 e. The van der Waals surface area contributed by atoms with Gasteiger partial charge in [0.1, 0.15) is 12.4 Å². The third-order valence-electron chi connectivity index (χ3n) is 2.93. The molecule has 1 aromatic heterocycles. The van der Waals surface area contributed by atoms with Crippen LogP contribution in [0.15, 0.2) is 35.7 Å². The number of hydrogen-bond acceptors (Lipinski definition) is 4. The highest BCUT2D eigenvalue weighted by Crippen LogP contribution is 2.25. The van der Waals surface area contributed by atoms with Crippen molar-refractivity contribution in [2.45, 2.75) is 13.5 Å². The molecule has 1 heterocycles. The summed E-state index contributed by atoms with van der Waals surface area (Å²) in [7, 11) is 1.62. The first kappa shape index (κ1) is 16.3. The molecule has 0 aliphatic heterocycles. The summed E-state index contributed by atoms with van der Waals surface area (Å²) in [6.45, 7) is 3.42. The Bertz CT molecular complexity index is 599. The molecule has 0 unspecified atom stereocenters. The van der Waals surface area contributed by atoms with Crippen LogP contribution in [-0.2, 0) is 11.3 Å². The predicted molar refractivity (Wildman–Crippen MR) is 88.7 cm³/mol. The van der Waals surface area contributed by atoms with E-state index in [0.29, 0.717) is 31.2 Å². The molecule has 2 rings (SSSR count). The van der Waals surface area contributed by atoms with Gasteiger partial charge in [-0.05, 0) is 36.1 Å². The molecular formula is C16H20N2O3S. The number of hydrogen-bond donors (Lipinski definition) is 2. The molecule has 0 fully saturated rings. The van der Waals surface area contributed by atoms with E-state index in [0.717, 1.165) is 10.4 Å². The van der Waals surface area contributed by atoms with E-state index < -0.39 is 0 Å². The van der Waals surface area contributed by atoms with E-state index >= 15 is 0 Å². The van der Waals surface area contributed by atoms with Crippen molar-refractivity contribution in [1.29, 1.82) is 0 Å². The maximum absolute atomic E-state index is 12.0. The van der Waals surface area contributed by atoms with E-state index in [1.165, 1.54) is 0 Å². The summed E-state index contributed by atoms with van der Waals surface area (Å²) < 4.78 is 10.6. The van der Waals surface area contributed by atoms with Gasteiger partial charge in [-0.15, -0.1) is 11.3 Å². The van der Waals surface area contributed by atoms with Gasteiger partial charge in [-0.2, -0.15) is 0 Å². The van der Waals surface area contributed by atoms with E-state index in [1.54, 1.807) is 18.4 Å². The third-order valence-corrected chi connectivity index (χ3v) is 3.81. The predicted octanol–water partition coefficient (Wildman–Crippen LogP) is 3.40. The van der Waals surface area contributed by atoms with E-state index in [9.17, 15) is 4.79 Å². The van der Waals surface area contributed by atoms with Crippen molar-refractivity contribution in [3.05, 3.63) is 46.2 Å². The number of benzene rings is 1. The first-order chi connectivity index (χ1) is 10.7. The fourth-order valence-electron chi connectivity index (χ4n) is 1.83. The van der Waals surface area contributed by atoms with Gasteiger partial charge in [0.05, 0.1) is 18.8 Å². The van der Waals surface area contributed by atoms with Crippen LogP contribution in [0.25, 0.3) is 0 Å². The minimum Gasteiger partial charge on any atom is -0.489 e. The van der Waals surface area contributed by atoms with Crippen molar-refractivity contribution in [1.82, 2.24) is 5.32 Å². The van der Waals surface area contributed by atoms with Crippen LogP contribution >= 0.6 is 11.3 Å². The van der Waals surface area contributed by atoms with E-state index in [1.807, 2.05) is 42.6 Å². The third kappa shape index (κ3) is 5.05. The Morgan fingerprint density at radius 1 is 1.27 bits per heavy atom. The zero-order chi connectivity index (χ0) is 15.8. The molecule has 0 aliphatic carbocycles. The Kier molecular flexibility index (Phi) is 6.24. The summed E-state index contributed by atoms with van der Waals surface area (Å²) in [6, 6.07) is 9.34. The second-order valence-electron chi connectivity index (χ2n) is 4.73. The van der Waals surface area contributed by atoms with Gasteiger partial charge < -0.3 is 20.1 Å². The normalized spacial score (nSPS) is 10.3. The number of aryl methyl sites for hydroxylation is 1. The number of thiophene rings is 1. The fraction of sp³-hybridized carbons (Fsp3) is 0.312. The Morgan fingerprint density at radius 2 is 2.14 bits per heavy atom. The number of carbonyl (C=O) groups is 1. The van der Waals surface area contributed by atoms with Crippen LogP contribution in [0.1, 0.15) is 10.4 Å². The van der Waals surface area contributed by atoms with Gasteiger partial charge in [-0.25, -0.2) is 4.79 Å². The van der Waals surface area contributed by atoms with Gasteiger partial charge in [-0.3, -0.25) is 0 Å². The Morgan fingerprint density at radius 3 is 2.86 bits per heavy atom. The van der Waals surface area contributed by atoms with Crippen molar-refractivity contribution in [2.75, 3.05) is 25.6 Å². The molecule has 0 aliphatic rings. The summed E-state index contributed by atoms with van der Waals surface area (Å²) >= 11 is 1.61. The Balaban J connectivity index is 1.93. The lowest BCUT2D eigenvalue weighted by molar-refractivity contribution is 0.146. The number of ether oxygens (including phenoxy) is 2. The molecule has 2 N–H and O–H groups in total. The van der Waals surface area contributed by atoms with Crippen molar-refractivity contribution in [2.24, 2.45) is 0 Å². The quantitative estimate of drug-likeness (QED) is 0.769. The molecule has 0 spiro atoms. The number of nitrogens with one attached hydrogen (secondary N) is 2. The summed E-state index contributed by atoms with van der Waals surface area (Å²) in [5.74, 6) is 0.642. The van der Waals surface area contributed by atoms with E-state index in [-0.39, 0.29) is 6.03 Å². The highest BCUT2D eigenvalue weighted by Gasteiger charge is 2.08. The van der Waals surface area contributed by atoms with Gasteiger partial charge in [0.25, 0.3) is 0 Å². The van der Waals surface area contributed by atoms with Gasteiger partial charge in [-0.1, -0.05) is 12.1 Å². The van der Waals surface area contributed by atoms with Crippen molar-refractivity contribution in [3.8, 4) is 5.75 Å². The first-order valence-corrected chi connectivity index (χ1v) is 7.86. The number of carbonyl (C=O) groups excluding carboxylic acids is 1. The van der Waals surface area contributed by atoms with Crippen LogP contribution < -0.4 is 15.4 Å². The van der Waals surface area contributed by atoms with Crippen molar-refractivity contribution < 1.29 is 14.3 Å². The van der Waals surface area contributed by atoms with Crippen LogP contribution in [0.2, 0.25) is 0 Å². The van der Waals surface area contributed by atoms with Crippen LogP contribution in [-0.4, -0.2) is 26.4 Å². The molecule has 2 amide bonds. The summed E-state index contributed by atoms with van der Waals surface area (Å²) in [5.41, 5.74) is 1.71. The summed E-state index contributed by atoms with van der Waals surface area (Å²) in [4.78, 5) is 13.1. The molecule has 0 atom stereocenters. The van der Waals surface area contributed by atoms with E-state index in [2.05, 4.69) is 10.6 Å².